The predicted octanol–water partition coefficient (Wildman–Crippen LogP) is 2.72. The molecule has 0 heterocycles. The Kier molecular flexibility index (Phi) is 4.30. The smallest absolute Gasteiger partial charge is 0.106 e. The number of rotatable bonds is 4. The van der Waals surface area contributed by atoms with Crippen molar-refractivity contribution in [2.24, 2.45) is 11.7 Å². The fourth-order valence-electron chi connectivity index (χ4n) is 2.00. The van der Waals surface area contributed by atoms with Crippen molar-refractivity contribution in [1.82, 2.24) is 0 Å². The van der Waals surface area contributed by atoms with Crippen molar-refractivity contribution in [3.05, 3.63) is 29.3 Å². The molecular weight excluding hydrogens is 216 g/mol. The Bertz CT molecular complexity index is 386. The molecule has 0 aliphatic heterocycles. The number of thiocarbonyl (C=S) groups is 1. The van der Waals surface area contributed by atoms with Crippen LogP contribution in [0.25, 0.3) is 0 Å². The third-order valence-electron chi connectivity index (χ3n) is 2.52. The molecule has 1 aromatic carbocycles. The highest BCUT2D eigenvalue weighted by Crippen LogP contribution is 2.24. The molecule has 88 valence electrons. The molecule has 0 aliphatic carbocycles. The van der Waals surface area contributed by atoms with Crippen LogP contribution in [0.3, 0.4) is 0 Å². The second kappa shape index (κ2) is 5.30. The maximum Gasteiger partial charge on any atom is 0.106 e. The van der Waals surface area contributed by atoms with Crippen LogP contribution in [0.15, 0.2) is 18.2 Å². The van der Waals surface area contributed by atoms with Crippen molar-refractivity contribution >= 4 is 22.9 Å². The summed E-state index contributed by atoms with van der Waals surface area (Å²) in [5.41, 5.74) is 9.10. The average molecular weight is 236 g/mol. The molecule has 2 nitrogen and oxygen atoms in total. The van der Waals surface area contributed by atoms with Gasteiger partial charge in [-0.15, -0.1) is 0 Å². The van der Waals surface area contributed by atoms with Crippen LogP contribution in [-0.4, -0.2) is 18.6 Å². The van der Waals surface area contributed by atoms with Gasteiger partial charge in [0.05, 0.1) is 0 Å². The van der Waals surface area contributed by atoms with E-state index < -0.39 is 0 Å². The Labute approximate surface area is 103 Å². The van der Waals surface area contributed by atoms with Crippen LogP contribution < -0.4 is 10.6 Å². The van der Waals surface area contributed by atoms with E-state index in [2.05, 4.69) is 38.8 Å². The molecule has 0 unspecified atom stereocenters. The zero-order chi connectivity index (χ0) is 12.3. The number of benzene rings is 1. The molecule has 1 aromatic rings. The topological polar surface area (TPSA) is 29.3 Å². The number of para-hydroxylation sites is 1. The molecule has 0 spiro atoms. The van der Waals surface area contributed by atoms with E-state index in [0.29, 0.717) is 10.9 Å². The zero-order valence-corrected chi connectivity index (χ0v) is 11.3. The van der Waals surface area contributed by atoms with E-state index in [4.69, 9.17) is 18.0 Å². The van der Waals surface area contributed by atoms with E-state index in [9.17, 15) is 0 Å². The molecule has 0 saturated heterocycles. The molecule has 0 fully saturated rings. The minimum absolute atomic E-state index is 0.467. The Morgan fingerprint density at radius 1 is 1.44 bits per heavy atom. The lowest BCUT2D eigenvalue weighted by atomic mass is 10.1. The molecule has 0 bridgehead atoms. The van der Waals surface area contributed by atoms with Crippen LogP contribution in [0.1, 0.15) is 25.0 Å². The van der Waals surface area contributed by atoms with Crippen LogP contribution in [0, 0.1) is 12.8 Å². The first-order chi connectivity index (χ1) is 7.43. The predicted molar refractivity (Wildman–Crippen MR) is 75.2 cm³/mol. The highest BCUT2D eigenvalue weighted by Gasteiger charge is 2.12. The highest BCUT2D eigenvalue weighted by atomic mass is 32.1. The third kappa shape index (κ3) is 2.95. The second-order valence-electron chi connectivity index (χ2n) is 4.61. The number of aryl methyl sites for hydroxylation is 1. The van der Waals surface area contributed by atoms with Crippen LogP contribution in [0.2, 0.25) is 0 Å². The fraction of sp³-hybridized carbons (Fsp3) is 0.462. The number of anilines is 1. The van der Waals surface area contributed by atoms with E-state index in [1.165, 1.54) is 5.56 Å². The number of nitrogens with two attached hydrogens (primary N) is 1. The number of nitrogens with zero attached hydrogens (tertiary/aromatic N) is 1. The van der Waals surface area contributed by atoms with Gasteiger partial charge in [-0.1, -0.05) is 38.2 Å². The molecule has 0 amide bonds. The van der Waals surface area contributed by atoms with Crippen molar-refractivity contribution < 1.29 is 0 Å². The Morgan fingerprint density at radius 3 is 2.56 bits per heavy atom. The fourth-order valence-corrected chi connectivity index (χ4v) is 2.17. The van der Waals surface area contributed by atoms with E-state index in [-0.39, 0.29) is 0 Å². The van der Waals surface area contributed by atoms with Crippen LogP contribution in [0.4, 0.5) is 5.69 Å². The summed E-state index contributed by atoms with van der Waals surface area (Å²) in [6.07, 6.45) is 0. The monoisotopic (exact) mass is 236 g/mol. The highest BCUT2D eigenvalue weighted by molar-refractivity contribution is 7.80. The average Bonchev–Trinajstić information content (AvgIpc) is 2.15. The summed E-state index contributed by atoms with van der Waals surface area (Å²) in [6, 6.07) is 6.08. The molecule has 0 atom stereocenters. The molecule has 1 rings (SSSR count). The minimum Gasteiger partial charge on any atom is -0.389 e. The largest absolute Gasteiger partial charge is 0.389 e. The standard InChI is InChI=1S/C13H20N2S/c1-9(2)8-15(4)12-10(3)6-5-7-11(12)13(14)16/h5-7,9H,8H2,1-4H3,(H2,14,16). The van der Waals surface area contributed by atoms with Gasteiger partial charge >= 0.3 is 0 Å². The van der Waals surface area contributed by atoms with Crippen molar-refractivity contribution in [2.75, 3.05) is 18.5 Å². The van der Waals surface area contributed by atoms with Gasteiger partial charge in [0.2, 0.25) is 0 Å². The first-order valence-electron chi connectivity index (χ1n) is 5.54. The van der Waals surface area contributed by atoms with Gasteiger partial charge in [-0.05, 0) is 24.5 Å². The van der Waals surface area contributed by atoms with Crippen molar-refractivity contribution in [2.45, 2.75) is 20.8 Å². The first kappa shape index (κ1) is 13.0. The van der Waals surface area contributed by atoms with Gasteiger partial charge in [0.25, 0.3) is 0 Å². The van der Waals surface area contributed by atoms with Gasteiger partial charge in [-0.2, -0.15) is 0 Å². The van der Waals surface area contributed by atoms with Gasteiger partial charge in [-0.3, -0.25) is 0 Å². The minimum atomic E-state index is 0.467. The summed E-state index contributed by atoms with van der Waals surface area (Å²) in [6.45, 7) is 7.50. The SMILES string of the molecule is Cc1cccc(C(N)=S)c1N(C)CC(C)C. The summed E-state index contributed by atoms with van der Waals surface area (Å²) < 4.78 is 0. The van der Waals surface area contributed by atoms with E-state index in [0.717, 1.165) is 17.8 Å². The molecule has 0 radical (unpaired) electrons. The lowest BCUT2D eigenvalue weighted by Gasteiger charge is -2.25. The molecule has 2 N–H and O–H groups in total. The van der Waals surface area contributed by atoms with E-state index >= 15 is 0 Å². The van der Waals surface area contributed by atoms with Gasteiger partial charge in [-0.25, -0.2) is 0 Å². The quantitative estimate of drug-likeness (QED) is 0.815. The lowest BCUT2D eigenvalue weighted by Crippen LogP contribution is -2.26. The van der Waals surface area contributed by atoms with Gasteiger partial charge < -0.3 is 10.6 Å². The molecular formula is C13H20N2S. The summed E-state index contributed by atoms with van der Waals surface area (Å²) in [5.74, 6) is 0.615. The van der Waals surface area contributed by atoms with E-state index in [1.807, 2.05) is 12.1 Å². The normalized spacial score (nSPS) is 10.6. The van der Waals surface area contributed by atoms with Crippen molar-refractivity contribution in [3.63, 3.8) is 0 Å². The number of hydrogen-bond donors (Lipinski definition) is 1. The van der Waals surface area contributed by atoms with Crippen LogP contribution in [0.5, 0.6) is 0 Å². The van der Waals surface area contributed by atoms with Gasteiger partial charge in [0, 0.05) is 24.8 Å². The van der Waals surface area contributed by atoms with Crippen LogP contribution in [-0.2, 0) is 0 Å². The molecule has 0 aliphatic rings. The Hall–Kier alpha value is -1.09. The van der Waals surface area contributed by atoms with Gasteiger partial charge in [0.15, 0.2) is 0 Å². The Morgan fingerprint density at radius 2 is 2.06 bits per heavy atom. The van der Waals surface area contributed by atoms with E-state index in [1.54, 1.807) is 0 Å². The molecule has 0 saturated carbocycles. The summed E-state index contributed by atoms with van der Waals surface area (Å²) >= 11 is 5.09. The summed E-state index contributed by atoms with van der Waals surface area (Å²) in [5, 5.41) is 0. The molecule has 0 aromatic heterocycles. The maximum atomic E-state index is 5.76. The van der Waals surface area contributed by atoms with Crippen molar-refractivity contribution in [3.8, 4) is 0 Å². The zero-order valence-electron chi connectivity index (χ0n) is 10.4. The summed E-state index contributed by atoms with van der Waals surface area (Å²) in [7, 11) is 2.09. The molecule has 16 heavy (non-hydrogen) atoms. The lowest BCUT2D eigenvalue weighted by molar-refractivity contribution is 0.637. The first-order valence-corrected chi connectivity index (χ1v) is 5.95. The number of hydrogen-bond acceptors (Lipinski definition) is 2. The third-order valence-corrected chi connectivity index (χ3v) is 2.74. The van der Waals surface area contributed by atoms with Gasteiger partial charge in [0.1, 0.15) is 4.99 Å². The molecule has 3 heteroatoms. The summed E-state index contributed by atoms with van der Waals surface area (Å²) in [4.78, 5) is 2.70. The van der Waals surface area contributed by atoms with Crippen molar-refractivity contribution in [1.29, 1.82) is 0 Å². The van der Waals surface area contributed by atoms with Crippen LogP contribution >= 0.6 is 12.2 Å². The maximum absolute atomic E-state index is 5.76. The second-order valence-corrected chi connectivity index (χ2v) is 5.05. The Balaban J connectivity index is 3.14.